The van der Waals surface area contributed by atoms with Gasteiger partial charge in [-0.05, 0) is 94.1 Å². The fourth-order valence-corrected chi connectivity index (χ4v) is 11.1. The van der Waals surface area contributed by atoms with Crippen molar-refractivity contribution < 1.29 is 0 Å². The zero-order valence-electron chi connectivity index (χ0n) is 27.9. The van der Waals surface area contributed by atoms with Gasteiger partial charge in [0.1, 0.15) is 0 Å². The van der Waals surface area contributed by atoms with Crippen LogP contribution in [-0.4, -0.2) is 4.57 Å². The van der Waals surface area contributed by atoms with Gasteiger partial charge < -0.3 is 4.57 Å². The van der Waals surface area contributed by atoms with Crippen molar-refractivity contribution >= 4 is 33.6 Å². The van der Waals surface area contributed by atoms with Gasteiger partial charge in [-0.2, -0.15) is 5.26 Å². The van der Waals surface area contributed by atoms with Gasteiger partial charge in [0.25, 0.3) is 0 Å². The molecular weight excluding hydrogens is 637 g/mol. The molecule has 1 aliphatic carbocycles. The lowest BCUT2D eigenvalue weighted by Crippen LogP contribution is -2.38. The van der Waals surface area contributed by atoms with Crippen LogP contribution in [0, 0.1) is 11.3 Å². The summed E-state index contributed by atoms with van der Waals surface area (Å²) >= 11 is 1.96. The zero-order chi connectivity index (χ0) is 33.7. The second kappa shape index (κ2) is 10.8. The summed E-state index contributed by atoms with van der Waals surface area (Å²) < 4.78 is 2.52. The average Bonchev–Trinajstić information content (AvgIpc) is 3.70. The Balaban J connectivity index is 1.16. The summed E-state index contributed by atoms with van der Waals surface area (Å²) in [6, 6.07) is 58.7. The van der Waals surface area contributed by atoms with E-state index in [-0.39, 0.29) is 0 Å². The van der Waals surface area contributed by atoms with Crippen molar-refractivity contribution in [3.63, 3.8) is 0 Å². The Hall–Kier alpha value is -5.82. The van der Waals surface area contributed by atoms with Gasteiger partial charge in [0, 0.05) is 32.0 Å². The highest BCUT2D eigenvalue weighted by molar-refractivity contribution is 7.99. The smallest absolute Gasteiger partial charge is 0.0991 e. The number of benzene rings is 7. The van der Waals surface area contributed by atoms with Crippen LogP contribution < -0.4 is 0 Å². The summed E-state index contributed by atoms with van der Waals surface area (Å²) in [5.41, 5.74) is 16.5. The van der Waals surface area contributed by atoms with E-state index in [0.29, 0.717) is 5.92 Å². The van der Waals surface area contributed by atoms with Crippen molar-refractivity contribution in [1.29, 1.82) is 5.26 Å². The van der Waals surface area contributed by atoms with Crippen LogP contribution in [0.3, 0.4) is 0 Å². The molecule has 0 amide bonds. The van der Waals surface area contributed by atoms with Crippen LogP contribution >= 0.6 is 11.8 Å². The summed E-state index contributed by atoms with van der Waals surface area (Å²) in [7, 11) is 0. The van der Waals surface area contributed by atoms with Gasteiger partial charge in [-0.1, -0.05) is 133 Å². The third-order valence-electron chi connectivity index (χ3n) is 11.8. The number of rotatable bonds is 4. The monoisotopic (exact) mass is 668 g/mol. The van der Waals surface area contributed by atoms with Crippen LogP contribution in [0.2, 0.25) is 0 Å². The van der Waals surface area contributed by atoms with Crippen LogP contribution in [0.15, 0.2) is 161 Å². The molecule has 51 heavy (non-hydrogen) atoms. The maximum Gasteiger partial charge on any atom is 0.0991 e. The minimum Gasteiger partial charge on any atom is -0.309 e. The molecule has 2 aliphatic heterocycles. The quantitative estimate of drug-likeness (QED) is 0.187. The molecule has 0 saturated heterocycles. The van der Waals surface area contributed by atoms with Gasteiger partial charge in [-0.15, -0.1) is 0 Å². The van der Waals surface area contributed by atoms with Gasteiger partial charge >= 0.3 is 0 Å². The number of nitrogens with zero attached hydrogens (tertiary/aromatic N) is 2. The number of aryl methyl sites for hydroxylation is 1. The van der Waals surface area contributed by atoms with Crippen molar-refractivity contribution in [2.45, 2.75) is 40.4 Å². The Labute approximate surface area is 301 Å². The number of para-hydroxylation sites is 3. The van der Waals surface area contributed by atoms with E-state index in [1.54, 1.807) is 0 Å². The van der Waals surface area contributed by atoms with E-state index < -0.39 is 5.41 Å². The van der Waals surface area contributed by atoms with E-state index in [1.807, 2.05) is 23.9 Å². The summed E-state index contributed by atoms with van der Waals surface area (Å²) in [4.78, 5) is 2.72. The van der Waals surface area contributed by atoms with Crippen molar-refractivity contribution in [3.8, 4) is 22.9 Å². The standard InChI is InChI=1S/C48H32N2S/c49-29-31-25-23-30(24-26-31)11-9-15-33-32-12-1-2-14-35(32)45-36(33)27-28-41-47(45)51-44-22-8-5-18-39(44)48(41)38-17-4-7-21-43(38)50-42-20-6-3-13-34(42)37-16-10-19-40(48)46(37)50/h1-8,10,12-14,16-28,33H,9,11,15H2. The minimum atomic E-state index is -0.477. The Bertz CT molecular complexity index is 2780. The molecule has 2 unspecified atom stereocenters. The van der Waals surface area contributed by atoms with Gasteiger partial charge in [0.2, 0.25) is 0 Å². The van der Waals surface area contributed by atoms with Gasteiger partial charge in [0.05, 0.1) is 33.8 Å². The van der Waals surface area contributed by atoms with Crippen LogP contribution in [0.1, 0.15) is 63.3 Å². The first-order chi connectivity index (χ1) is 25.3. The third kappa shape index (κ3) is 3.83. The van der Waals surface area contributed by atoms with E-state index in [9.17, 15) is 5.26 Å². The third-order valence-corrected chi connectivity index (χ3v) is 13.0. The predicted molar refractivity (Wildman–Crippen MR) is 208 cm³/mol. The maximum atomic E-state index is 9.26. The molecule has 0 radical (unpaired) electrons. The van der Waals surface area contributed by atoms with E-state index >= 15 is 0 Å². The number of aromatic nitrogens is 1. The molecule has 7 aromatic carbocycles. The van der Waals surface area contributed by atoms with E-state index in [1.165, 1.54) is 87.4 Å². The van der Waals surface area contributed by atoms with Gasteiger partial charge in [-0.25, -0.2) is 0 Å². The largest absolute Gasteiger partial charge is 0.309 e. The first-order valence-electron chi connectivity index (χ1n) is 17.9. The van der Waals surface area contributed by atoms with Crippen LogP contribution in [0.4, 0.5) is 0 Å². The maximum absolute atomic E-state index is 9.26. The SMILES string of the molecule is N#Cc1ccc(CCCC2c3ccccc3-c3c2ccc2c3Sc3ccccc3C23c2ccccc2-n2c4ccccc4c4cccc3c42)cc1. The molecule has 1 aromatic heterocycles. The Kier molecular flexibility index (Phi) is 6.15. The summed E-state index contributed by atoms with van der Waals surface area (Å²) in [5.74, 6) is 0.346. The highest BCUT2D eigenvalue weighted by atomic mass is 32.2. The van der Waals surface area contributed by atoms with Crippen LogP contribution in [0.5, 0.6) is 0 Å². The van der Waals surface area contributed by atoms with Crippen molar-refractivity contribution in [3.05, 3.63) is 196 Å². The fraction of sp³-hybridized carbons (Fsp3) is 0.104. The highest BCUT2D eigenvalue weighted by Gasteiger charge is 2.50. The molecule has 0 saturated carbocycles. The molecule has 3 heteroatoms. The second-order valence-corrected chi connectivity index (χ2v) is 15.2. The molecule has 3 aliphatic rings. The molecule has 0 fully saturated rings. The molecule has 11 rings (SSSR count). The van der Waals surface area contributed by atoms with E-state index in [0.717, 1.165) is 24.8 Å². The molecule has 3 heterocycles. The molecule has 240 valence electrons. The molecule has 0 N–H and O–H groups in total. The Morgan fingerprint density at radius 2 is 1.37 bits per heavy atom. The lowest BCUT2D eigenvalue weighted by atomic mass is 9.62. The Morgan fingerprint density at radius 1 is 0.627 bits per heavy atom. The van der Waals surface area contributed by atoms with E-state index in [4.69, 9.17) is 0 Å². The minimum absolute atomic E-state index is 0.346. The van der Waals surface area contributed by atoms with Crippen molar-refractivity contribution in [1.82, 2.24) is 4.57 Å². The molecule has 2 nitrogen and oxygen atoms in total. The molecular formula is C48H32N2S. The average molecular weight is 669 g/mol. The normalized spacial score (nSPS) is 17.4. The van der Waals surface area contributed by atoms with Crippen LogP contribution in [0.25, 0.3) is 38.6 Å². The second-order valence-electron chi connectivity index (χ2n) is 14.2. The summed E-state index contributed by atoms with van der Waals surface area (Å²) in [5, 5.41) is 11.9. The molecule has 2 atom stereocenters. The number of fused-ring (bicyclic) bond motifs is 15. The Morgan fingerprint density at radius 3 is 2.27 bits per heavy atom. The number of nitriles is 1. The van der Waals surface area contributed by atoms with E-state index in [2.05, 4.69) is 150 Å². The lowest BCUT2D eigenvalue weighted by molar-refractivity contribution is 0.666. The first-order valence-corrected chi connectivity index (χ1v) is 18.7. The van der Waals surface area contributed by atoms with Crippen molar-refractivity contribution in [2.24, 2.45) is 0 Å². The van der Waals surface area contributed by atoms with Crippen molar-refractivity contribution in [2.75, 3.05) is 0 Å². The summed E-state index contributed by atoms with van der Waals surface area (Å²) in [6.07, 6.45) is 3.17. The van der Waals surface area contributed by atoms with Crippen LogP contribution in [-0.2, 0) is 11.8 Å². The van der Waals surface area contributed by atoms with Gasteiger partial charge in [0.15, 0.2) is 0 Å². The fourth-order valence-electron chi connectivity index (χ4n) is 9.73. The first kappa shape index (κ1) is 29.0. The molecule has 8 aromatic rings. The lowest BCUT2D eigenvalue weighted by Gasteiger charge is -2.45. The highest BCUT2D eigenvalue weighted by Crippen LogP contribution is 2.64. The molecule has 1 spiro atoms. The molecule has 0 bridgehead atoms. The zero-order valence-corrected chi connectivity index (χ0v) is 28.8. The number of hydrogen-bond acceptors (Lipinski definition) is 2. The predicted octanol–water partition coefficient (Wildman–Crippen LogP) is 12.0. The number of hydrogen-bond donors (Lipinski definition) is 0. The summed E-state index contributed by atoms with van der Waals surface area (Å²) in [6.45, 7) is 0. The topological polar surface area (TPSA) is 28.7 Å². The van der Waals surface area contributed by atoms with Gasteiger partial charge in [-0.3, -0.25) is 0 Å².